The largest absolute Gasteiger partial charge is 0.482 e. The molecule has 0 aliphatic carbocycles. The topological polar surface area (TPSA) is 124 Å². The zero-order chi connectivity index (χ0) is 23.2. The number of halogens is 1. The molecule has 3 aliphatic heterocycles. The molecule has 2 saturated heterocycles. The average Bonchev–Trinajstić information content (AvgIpc) is 3.45. The first-order chi connectivity index (χ1) is 15.8. The Morgan fingerprint density at radius 1 is 1.18 bits per heavy atom. The predicted molar refractivity (Wildman–Crippen MR) is 114 cm³/mol. The van der Waals surface area contributed by atoms with Gasteiger partial charge in [-0.2, -0.15) is 9.29 Å². The Hall–Kier alpha value is -2.25. The van der Waals surface area contributed by atoms with E-state index >= 15 is 0 Å². The number of anilines is 1. The lowest BCUT2D eigenvalue weighted by molar-refractivity contribution is -0.179. The highest BCUT2D eigenvalue weighted by Crippen LogP contribution is 2.41. The maximum Gasteiger partial charge on any atom is 0.265 e. The van der Waals surface area contributed by atoms with Gasteiger partial charge in [0.1, 0.15) is 10.6 Å². The van der Waals surface area contributed by atoms with Crippen LogP contribution in [0.5, 0.6) is 5.75 Å². The first kappa shape index (κ1) is 22.5. The summed E-state index contributed by atoms with van der Waals surface area (Å²) in [5, 5.41) is 3.88. The molecule has 33 heavy (non-hydrogen) atoms. The maximum absolute atomic E-state index is 13.4. The van der Waals surface area contributed by atoms with E-state index in [1.54, 1.807) is 0 Å². The molecule has 2 fully saturated rings. The van der Waals surface area contributed by atoms with Gasteiger partial charge in [0, 0.05) is 38.4 Å². The van der Waals surface area contributed by atoms with Crippen LogP contribution in [0.2, 0.25) is 5.02 Å². The normalized spacial score (nSPS) is 20.8. The lowest BCUT2D eigenvalue weighted by atomic mass is 10.1. The van der Waals surface area contributed by atoms with E-state index in [1.807, 2.05) is 6.92 Å². The van der Waals surface area contributed by atoms with Crippen molar-refractivity contribution in [3.63, 3.8) is 0 Å². The molecule has 0 radical (unpaired) electrons. The molecular formula is C20H23ClN4O7S. The van der Waals surface area contributed by atoms with Crippen molar-refractivity contribution in [3.05, 3.63) is 28.9 Å². The number of rotatable bonds is 5. The van der Waals surface area contributed by atoms with Crippen LogP contribution < -0.4 is 9.64 Å². The number of fused-ring (bicyclic) bond motifs is 1. The summed E-state index contributed by atoms with van der Waals surface area (Å²) in [5.74, 6) is 0.0202. The monoisotopic (exact) mass is 498 g/mol. The summed E-state index contributed by atoms with van der Waals surface area (Å²) in [6.45, 7) is 3.21. The third-order valence-electron chi connectivity index (χ3n) is 5.98. The van der Waals surface area contributed by atoms with Crippen LogP contribution in [-0.4, -0.2) is 67.5 Å². The highest BCUT2D eigenvalue weighted by atomic mass is 35.5. The van der Waals surface area contributed by atoms with Crippen molar-refractivity contribution in [2.75, 3.05) is 37.8 Å². The van der Waals surface area contributed by atoms with Gasteiger partial charge in [-0.3, -0.25) is 9.69 Å². The van der Waals surface area contributed by atoms with Gasteiger partial charge < -0.3 is 18.7 Å². The van der Waals surface area contributed by atoms with E-state index in [0.717, 1.165) is 0 Å². The Morgan fingerprint density at radius 2 is 1.91 bits per heavy atom. The summed E-state index contributed by atoms with van der Waals surface area (Å²) in [5.41, 5.74) is 0.350. The number of carbonyl (C=O) groups excluding carboxylic acids is 1. The van der Waals surface area contributed by atoms with Gasteiger partial charge in [-0.05, 0) is 6.07 Å². The molecule has 11 nitrogen and oxygen atoms in total. The average molecular weight is 499 g/mol. The van der Waals surface area contributed by atoms with E-state index in [0.29, 0.717) is 49.9 Å². The second-order valence-electron chi connectivity index (χ2n) is 7.99. The van der Waals surface area contributed by atoms with Crippen molar-refractivity contribution < 1.29 is 31.9 Å². The molecule has 4 heterocycles. The van der Waals surface area contributed by atoms with Crippen molar-refractivity contribution in [2.45, 2.75) is 43.4 Å². The molecule has 0 saturated carbocycles. The Bertz CT molecular complexity index is 1170. The fourth-order valence-corrected chi connectivity index (χ4v) is 6.16. The number of nitrogens with zero attached hydrogens (tertiary/aromatic N) is 4. The first-order valence-corrected chi connectivity index (χ1v) is 12.5. The van der Waals surface area contributed by atoms with E-state index in [-0.39, 0.29) is 47.8 Å². The van der Waals surface area contributed by atoms with Crippen LogP contribution in [0.1, 0.15) is 31.5 Å². The molecule has 1 spiro atoms. The molecule has 1 aromatic heterocycles. The van der Waals surface area contributed by atoms with Gasteiger partial charge in [-0.25, -0.2) is 8.42 Å². The number of aryl methyl sites for hydroxylation is 1. The predicted octanol–water partition coefficient (Wildman–Crippen LogP) is 1.74. The summed E-state index contributed by atoms with van der Waals surface area (Å²) in [6, 6.07) is 2.79. The van der Waals surface area contributed by atoms with Crippen molar-refractivity contribution >= 4 is 33.2 Å². The molecule has 0 unspecified atom stereocenters. The van der Waals surface area contributed by atoms with Crippen LogP contribution in [-0.2, 0) is 37.3 Å². The summed E-state index contributed by atoms with van der Waals surface area (Å²) in [7, 11) is -3.90. The molecule has 13 heteroatoms. The second kappa shape index (κ2) is 8.51. The van der Waals surface area contributed by atoms with Crippen LogP contribution in [0.4, 0.5) is 5.69 Å². The summed E-state index contributed by atoms with van der Waals surface area (Å²) in [6.07, 6.45) is 1.46. The molecule has 2 aromatic rings. The van der Waals surface area contributed by atoms with E-state index < -0.39 is 15.8 Å². The Kier molecular flexibility index (Phi) is 5.81. The Morgan fingerprint density at radius 3 is 2.58 bits per heavy atom. The fourth-order valence-electron chi connectivity index (χ4n) is 4.20. The number of hydrogen-bond donors (Lipinski definition) is 0. The molecule has 5 rings (SSSR count). The molecule has 178 valence electrons. The minimum absolute atomic E-state index is 0.00642. The van der Waals surface area contributed by atoms with Crippen molar-refractivity contribution in [1.29, 1.82) is 0 Å². The third-order valence-corrected chi connectivity index (χ3v) is 8.35. The Balaban J connectivity index is 1.41. The Labute approximate surface area is 195 Å². The van der Waals surface area contributed by atoms with E-state index in [4.69, 9.17) is 30.3 Å². The van der Waals surface area contributed by atoms with Gasteiger partial charge in [0.25, 0.3) is 5.91 Å². The minimum Gasteiger partial charge on any atom is -0.482 e. The molecule has 1 amide bonds. The third kappa shape index (κ3) is 4.10. The minimum atomic E-state index is -3.90. The SMILES string of the molecule is CCc1nc(CN2C(=O)COc3cc(S(=O)(=O)N4CCC5(CC4)OCCO5)c(Cl)cc32)no1. The van der Waals surface area contributed by atoms with E-state index in [9.17, 15) is 13.2 Å². The fraction of sp³-hybridized carbons (Fsp3) is 0.550. The number of amides is 1. The number of ether oxygens (including phenoxy) is 3. The number of piperidine rings is 1. The lowest BCUT2D eigenvalue weighted by Crippen LogP contribution is -2.47. The standard InChI is InChI=1S/C20H23ClN4O7S/c1-2-18-22-17(23-32-18)11-25-14-9-13(21)16(10-15(14)29-12-19(25)26)33(27,28)24-5-3-20(4-6-24)30-7-8-31-20/h9-10H,2-8,11-12H2,1H3. The zero-order valence-electron chi connectivity index (χ0n) is 18.0. The number of hydrogen-bond acceptors (Lipinski definition) is 9. The van der Waals surface area contributed by atoms with Gasteiger partial charge in [0.05, 0.1) is 30.5 Å². The van der Waals surface area contributed by atoms with Crippen LogP contribution in [0.25, 0.3) is 0 Å². The first-order valence-electron chi connectivity index (χ1n) is 10.7. The molecule has 0 N–H and O–H groups in total. The van der Waals surface area contributed by atoms with E-state index in [1.165, 1.54) is 21.3 Å². The van der Waals surface area contributed by atoms with Gasteiger partial charge in [-0.15, -0.1) is 0 Å². The van der Waals surface area contributed by atoms with Crippen LogP contribution >= 0.6 is 11.6 Å². The number of sulfonamides is 1. The van der Waals surface area contributed by atoms with Crippen molar-refractivity contribution in [1.82, 2.24) is 14.4 Å². The van der Waals surface area contributed by atoms with Crippen molar-refractivity contribution in [3.8, 4) is 5.75 Å². The molecular weight excluding hydrogens is 476 g/mol. The highest BCUT2D eigenvalue weighted by Gasteiger charge is 2.43. The van der Waals surface area contributed by atoms with Crippen LogP contribution in [0, 0.1) is 0 Å². The van der Waals surface area contributed by atoms with Crippen molar-refractivity contribution in [2.24, 2.45) is 0 Å². The summed E-state index contributed by atoms with van der Waals surface area (Å²) < 4.78 is 50.1. The van der Waals surface area contributed by atoms with E-state index in [2.05, 4.69) is 10.1 Å². The quantitative estimate of drug-likeness (QED) is 0.606. The zero-order valence-corrected chi connectivity index (χ0v) is 19.5. The number of benzene rings is 1. The van der Waals surface area contributed by atoms with Gasteiger partial charge in [0.2, 0.25) is 15.9 Å². The molecule has 1 aromatic carbocycles. The van der Waals surface area contributed by atoms with Gasteiger partial charge >= 0.3 is 0 Å². The molecule has 3 aliphatic rings. The molecule has 0 atom stereocenters. The van der Waals surface area contributed by atoms with Gasteiger partial charge in [-0.1, -0.05) is 23.7 Å². The van der Waals surface area contributed by atoms with Crippen LogP contribution in [0.15, 0.2) is 21.6 Å². The maximum atomic E-state index is 13.4. The smallest absolute Gasteiger partial charge is 0.265 e. The molecule has 0 bridgehead atoms. The number of aromatic nitrogens is 2. The van der Waals surface area contributed by atoms with Crippen LogP contribution in [0.3, 0.4) is 0 Å². The lowest BCUT2D eigenvalue weighted by Gasteiger charge is -2.37. The number of carbonyl (C=O) groups is 1. The van der Waals surface area contributed by atoms with Gasteiger partial charge in [0.15, 0.2) is 18.2 Å². The second-order valence-corrected chi connectivity index (χ2v) is 10.3. The summed E-state index contributed by atoms with van der Waals surface area (Å²) >= 11 is 6.43. The highest BCUT2D eigenvalue weighted by molar-refractivity contribution is 7.89. The summed E-state index contributed by atoms with van der Waals surface area (Å²) in [4.78, 5) is 18.1.